The van der Waals surface area contributed by atoms with Crippen molar-refractivity contribution in [2.75, 3.05) is 47.8 Å². The van der Waals surface area contributed by atoms with Crippen LogP contribution in [0.2, 0.25) is 0 Å². The number of nitrogens with zero attached hydrogens (tertiary/aromatic N) is 4. The Kier molecular flexibility index (Phi) is 5.31. The Morgan fingerprint density at radius 1 is 1.15 bits per heavy atom. The minimum Gasteiger partial charge on any atom is -0.378 e. The molecule has 1 aliphatic heterocycles. The molecule has 1 atom stereocenters. The maximum Gasteiger partial charge on any atom is 0.274 e. The highest BCUT2D eigenvalue weighted by Crippen LogP contribution is 2.21. The zero-order valence-corrected chi connectivity index (χ0v) is 16.4. The summed E-state index contributed by atoms with van der Waals surface area (Å²) in [7, 11) is 2.64. The monoisotopic (exact) mass is 389 g/mol. The van der Waals surface area contributed by atoms with Gasteiger partial charge in [0.05, 0.1) is 11.5 Å². The number of sulfone groups is 1. The van der Waals surface area contributed by atoms with Crippen LogP contribution in [0.1, 0.15) is 16.9 Å². The van der Waals surface area contributed by atoms with Crippen molar-refractivity contribution in [3.8, 4) is 0 Å². The van der Waals surface area contributed by atoms with Crippen LogP contribution in [0.4, 0.5) is 17.3 Å². The molecule has 0 radical (unpaired) electrons. The van der Waals surface area contributed by atoms with E-state index in [1.54, 1.807) is 11.9 Å². The van der Waals surface area contributed by atoms with Gasteiger partial charge in [-0.25, -0.2) is 18.4 Å². The number of rotatable bonds is 5. The van der Waals surface area contributed by atoms with E-state index >= 15 is 0 Å². The highest BCUT2D eigenvalue weighted by atomic mass is 32.2. The van der Waals surface area contributed by atoms with Gasteiger partial charge in [0.15, 0.2) is 9.84 Å². The molecule has 1 aromatic carbocycles. The summed E-state index contributed by atoms with van der Waals surface area (Å²) in [5, 5.41) is 2.81. The molecular formula is C18H23N5O3S. The van der Waals surface area contributed by atoms with Gasteiger partial charge in [0.25, 0.3) is 5.91 Å². The molecule has 0 saturated carbocycles. The molecule has 8 nitrogen and oxygen atoms in total. The molecule has 1 amide bonds. The molecule has 9 heteroatoms. The van der Waals surface area contributed by atoms with Gasteiger partial charge in [-0.05, 0) is 36.8 Å². The van der Waals surface area contributed by atoms with Gasteiger partial charge in [-0.3, -0.25) is 4.79 Å². The maximum atomic E-state index is 12.5. The van der Waals surface area contributed by atoms with Gasteiger partial charge in [0.2, 0.25) is 5.95 Å². The Morgan fingerprint density at radius 2 is 1.85 bits per heavy atom. The zero-order chi connectivity index (χ0) is 19.6. The summed E-state index contributed by atoms with van der Waals surface area (Å²) < 4.78 is 23.4. The molecule has 1 N–H and O–H groups in total. The first kappa shape index (κ1) is 19.1. The molecule has 3 rings (SSSR count). The molecule has 1 aromatic heterocycles. The van der Waals surface area contributed by atoms with Crippen molar-refractivity contribution in [1.82, 2.24) is 9.97 Å². The smallest absolute Gasteiger partial charge is 0.274 e. The lowest BCUT2D eigenvalue weighted by atomic mass is 10.2. The average molecular weight is 389 g/mol. The van der Waals surface area contributed by atoms with Crippen molar-refractivity contribution in [2.24, 2.45) is 0 Å². The normalized spacial score (nSPS) is 18.1. The van der Waals surface area contributed by atoms with Crippen LogP contribution in [0.15, 0.2) is 36.5 Å². The Hall–Kier alpha value is -2.68. The first-order chi connectivity index (χ1) is 12.7. The Morgan fingerprint density at radius 3 is 2.44 bits per heavy atom. The predicted octanol–water partition coefficient (Wildman–Crippen LogP) is 1.42. The third kappa shape index (κ3) is 4.54. The second kappa shape index (κ2) is 7.51. The Bertz CT molecular complexity index is 928. The number of aromatic nitrogens is 2. The topological polar surface area (TPSA) is 95.5 Å². The first-order valence-corrected chi connectivity index (χ1v) is 10.4. The quantitative estimate of drug-likeness (QED) is 0.826. The minimum atomic E-state index is -3.01. The average Bonchev–Trinajstić information content (AvgIpc) is 3.01. The number of hydrogen-bond donors (Lipinski definition) is 1. The van der Waals surface area contributed by atoms with Gasteiger partial charge in [0, 0.05) is 44.8 Å². The zero-order valence-electron chi connectivity index (χ0n) is 15.6. The number of nitrogens with one attached hydrogen (secondary N) is 1. The molecule has 144 valence electrons. The summed E-state index contributed by atoms with van der Waals surface area (Å²) in [5.41, 5.74) is 1.93. The van der Waals surface area contributed by atoms with E-state index in [0.717, 1.165) is 5.69 Å². The SMILES string of the molecule is CN(C)c1ccc(NC(=O)c2ccnc(N(C)C3CCS(=O)(=O)C3)n2)cc1. The second-order valence-corrected chi connectivity index (χ2v) is 9.03. The number of hydrogen-bond acceptors (Lipinski definition) is 7. The number of amides is 1. The molecule has 1 fully saturated rings. The predicted molar refractivity (Wildman–Crippen MR) is 106 cm³/mol. The van der Waals surface area contributed by atoms with Crippen LogP contribution in [-0.4, -0.2) is 63.0 Å². The summed E-state index contributed by atoms with van der Waals surface area (Å²) in [4.78, 5) is 24.7. The summed E-state index contributed by atoms with van der Waals surface area (Å²) in [6.45, 7) is 0. The third-order valence-corrected chi connectivity index (χ3v) is 6.34. The lowest BCUT2D eigenvalue weighted by Gasteiger charge is -2.23. The van der Waals surface area contributed by atoms with E-state index in [4.69, 9.17) is 0 Å². The Balaban J connectivity index is 1.72. The molecule has 1 unspecified atom stereocenters. The highest BCUT2D eigenvalue weighted by Gasteiger charge is 2.31. The lowest BCUT2D eigenvalue weighted by Crippen LogP contribution is -2.34. The van der Waals surface area contributed by atoms with Crippen molar-refractivity contribution in [3.63, 3.8) is 0 Å². The number of anilines is 3. The summed E-state index contributed by atoms with van der Waals surface area (Å²) >= 11 is 0. The summed E-state index contributed by atoms with van der Waals surface area (Å²) in [6.07, 6.45) is 2.04. The van der Waals surface area contributed by atoms with Gasteiger partial charge in [-0.1, -0.05) is 0 Å². The highest BCUT2D eigenvalue weighted by molar-refractivity contribution is 7.91. The number of benzene rings is 1. The van der Waals surface area contributed by atoms with Crippen molar-refractivity contribution in [2.45, 2.75) is 12.5 Å². The molecule has 27 heavy (non-hydrogen) atoms. The first-order valence-electron chi connectivity index (χ1n) is 8.60. The van der Waals surface area contributed by atoms with E-state index < -0.39 is 9.84 Å². The van der Waals surface area contributed by atoms with Crippen LogP contribution in [0.3, 0.4) is 0 Å². The van der Waals surface area contributed by atoms with E-state index in [1.807, 2.05) is 43.3 Å². The summed E-state index contributed by atoms with van der Waals surface area (Å²) in [5.74, 6) is 0.253. The molecule has 0 bridgehead atoms. The Labute approximate surface area is 159 Å². The fraction of sp³-hybridized carbons (Fsp3) is 0.389. The third-order valence-electron chi connectivity index (χ3n) is 4.59. The van der Waals surface area contributed by atoms with Gasteiger partial charge in [0.1, 0.15) is 5.69 Å². The van der Waals surface area contributed by atoms with Gasteiger partial charge in [-0.2, -0.15) is 0 Å². The minimum absolute atomic E-state index is 0.0848. The van der Waals surface area contributed by atoms with E-state index in [2.05, 4.69) is 15.3 Å². The van der Waals surface area contributed by atoms with E-state index in [1.165, 1.54) is 12.3 Å². The molecule has 0 aliphatic carbocycles. The van der Waals surface area contributed by atoms with Gasteiger partial charge >= 0.3 is 0 Å². The van der Waals surface area contributed by atoms with Gasteiger partial charge in [-0.15, -0.1) is 0 Å². The standard InChI is InChI=1S/C18H23N5O3S/c1-22(2)14-6-4-13(5-7-14)20-17(24)16-8-10-19-18(21-16)23(3)15-9-11-27(25,26)12-15/h4-8,10,15H,9,11-12H2,1-3H3,(H,20,24). The molecule has 1 aliphatic rings. The molecular weight excluding hydrogens is 366 g/mol. The fourth-order valence-electron chi connectivity index (χ4n) is 2.93. The van der Waals surface area contributed by atoms with E-state index in [-0.39, 0.29) is 29.1 Å². The molecule has 2 aromatic rings. The van der Waals surface area contributed by atoms with Crippen LogP contribution in [0.25, 0.3) is 0 Å². The van der Waals surface area contributed by atoms with Crippen molar-refractivity contribution < 1.29 is 13.2 Å². The molecule has 1 saturated heterocycles. The molecule has 2 heterocycles. The van der Waals surface area contributed by atoms with Crippen LogP contribution >= 0.6 is 0 Å². The lowest BCUT2D eigenvalue weighted by molar-refractivity contribution is 0.102. The fourth-order valence-corrected chi connectivity index (χ4v) is 4.70. The van der Waals surface area contributed by atoms with Crippen LogP contribution in [0.5, 0.6) is 0 Å². The largest absolute Gasteiger partial charge is 0.378 e. The van der Waals surface area contributed by atoms with Crippen LogP contribution in [0, 0.1) is 0 Å². The van der Waals surface area contributed by atoms with Crippen molar-refractivity contribution in [1.29, 1.82) is 0 Å². The number of carbonyl (C=O) groups is 1. The summed E-state index contributed by atoms with van der Waals surface area (Å²) in [6, 6.07) is 8.83. The second-order valence-electron chi connectivity index (χ2n) is 6.81. The maximum absolute atomic E-state index is 12.5. The van der Waals surface area contributed by atoms with Crippen molar-refractivity contribution in [3.05, 3.63) is 42.2 Å². The molecule has 0 spiro atoms. The van der Waals surface area contributed by atoms with Crippen molar-refractivity contribution >= 4 is 33.1 Å². The van der Waals surface area contributed by atoms with E-state index in [9.17, 15) is 13.2 Å². The van der Waals surface area contributed by atoms with E-state index in [0.29, 0.717) is 18.1 Å². The van der Waals surface area contributed by atoms with Gasteiger partial charge < -0.3 is 15.1 Å². The van der Waals surface area contributed by atoms with Crippen LogP contribution < -0.4 is 15.1 Å². The number of carbonyl (C=O) groups excluding carboxylic acids is 1. The van der Waals surface area contributed by atoms with Crippen LogP contribution in [-0.2, 0) is 9.84 Å².